The molecule has 0 bridgehead atoms. The van der Waals surface area contributed by atoms with Gasteiger partial charge in [-0.2, -0.15) is 0 Å². The fourth-order valence-electron chi connectivity index (χ4n) is 1.99. The van der Waals surface area contributed by atoms with E-state index in [-0.39, 0.29) is 11.7 Å². The van der Waals surface area contributed by atoms with Crippen LogP contribution in [0.3, 0.4) is 0 Å². The molecule has 3 rings (SSSR count). The molecule has 1 amide bonds. The number of carbonyl (C=O) groups excluding carboxylic acids is 1. The molecule has 0 unspecified atom stereocenters. The topological polar surface area (TPSA) is 83.6 Å². The van der Waals surface area contributed by atoms with Crippen molar-refractivity contribution < 1.29 is 4.79 Å². The number of aryl methyl sites for hydroxylation is 1. The summed E-state index contributed by atoms with van der Waals surface area (Å²) in [6.45, 7) is 1.92. The number of H-pyrrole nitrogens is 1. The van der Waals surface area contributed by atoms with E-state index in [1.807, 2.05) is 49.4 Å². The molecule has 0 radical (unpaired) electrons. The van der Waals surface area contributed by atoms with Crippen molar-refractivity contribution in [3.05, 3.63) is 54.4 Å². The lowest BCUT2D eigenvalue weighted by atomic mass is 10.2. The highest BCUT2D eigenvalue weighted by Gasteiger charge is 2.09. The summed E-state index contributed by atoms with van der Waals surface area (Å²) in [7, 11) is 0. The molecule has 2 heterocycles. The number of benzene rings is 1. The van der Waals surface area contributed by atoms with Gasteiger partial charge >= 0.3 is 0 Å². The Labute approximate surface area is 137 Å². The zero-order chi connectivity index (χ0) is 16.1. The molecular formula is C16H15N5OS. The fraction of sp³-hybridized carbons (Fsp3) is 0.125. The van der Waals surface area contributed by atoms with E-state index < -0.39 is 0 Å². The molecule has 6 nitrogen and oxygen atoms in total. The number of hydrogen-bond donors (Lipinski definition) is 2. The second-order valence-electron chi connectivity index (χ2n) is 4.87. The lowest BCUT2D eigenvalue weighted by Crippen LogP contribution is -2.13. The average molecular weight is 325 g/mol. The van der Waals surface area contributed by atoms with Crippen LogP contribution in [0.4, 0.5) is 5.69 Å². The molecule has 0 saturated heterocycles. The number of anilines is 1. The van der Waals surface area contributed by atoms with E-state index in [1.165, 1.54) is 11.8 Å². The Hall–Kier alpha value is -2.67. The molecule has 23 heavy (non-hydrogen) atoms. The normalized spacial score (nSPS) is 10.5. The van der Waals surface area contributed by atoms with Gasteiger partial charge in [-0.25, -0.2) is 0 Å². The molecule has 0 fully saturated rings. The third kappa shape index (κ3) is 4.17. The number of para-hydroxylation sites is 1. The van der Waals surface area contributed by atoms with Crippen LogP contribution in [0.15, 0.2) is 53.8 Å². The predicted molar refractivity (Wildman–Crippen MR) is 90.1 cm³/mol. The Morgan fingerprint density at radius 2 is 2.04 bits per heavy atom. The highest BCUT2D eigenvalue weighted by atomic mass is 32.2. The molecule has 116 valence electrons. The number of aromatic nitrogens is 4. The van der Waals surface area contributed by atoms with Crippen molar-refractivity contribution >= 4 is 23.4 Å². The summed E-state index contributed by atoms with van der Waals surface area (Å²) in [5.74, 6) is 0.846. The number of carbonyl (C=O) groups is 1. The minimum atomic E-state index is -0.0843. The Kier molecular flexibility index (Phi) is 4.68. The number of rotatable bonds is 5. The summed E-state index contributed by atoms with van der Waals surface area (Å²) in [6.07, 6.45) is 1.73. The second kappa shape index (κ2) is 7.06. The van der Waals surface area contributed by atoms with E-state index in [0.717, 1.165) is 16.9 Å². The summed E-state index contributed by atoms with van der Waals surface area (Å²) in [6, 6.07) is 13.1. The van der Waals surface area contributed by atoms with E-state index in [0.29, 0.717) is 11.0 Å². The summed E-state index contributed by atoms with van der Waals surface area (Å²) in [5, 5.41) is 11.6. The van der Waals surface area contributed by atoms with Gasteiger partial charge in [-0.3, -0.25) is 9.78 Å². The largest absolute Gasteiger partial charge is 0.325 e. The van der Waals surface area contributed by atoms with Crippen molar-refractivity contribution in [2.24, 2.45) is 0 Å². The summed E-state index contributed by atoms with van der Waals surface area (Å²) in [4.78, 5) is 19.2. The maximum Gasteiger partial charge on any atom is 0.234 e. The number of hydrogen-bond acceptors (Lipinski definition) is 5. The molecule has 3 aromatic rings. The smallest absolute Gasteiger partial charge is 0.234 e. The van der Waals surface area contributed by atoms with Crippen LogP contribution < -0.4 is 5.32 Å². The van der Waals surface area contributed by atoms with Gasteiger partial charge in [-0.1, -0.05) is 30.0 Å². The monoisotopic (exact) mass is 325 g/mol. The van der Waals surface area contributed by atoms with Gasteiger partial charge in [0, 0.05) is 23.1 Å². The van der Waals surface area contributed by atoms with Gasteiger partial charge in [0.2, 0.25) is 5.91 Å². The highest BCUT2D eigenvalue weighted by molar-refractivity contribution is 7.99. The summed E-state index contributed by atoms with van der Waals surface area (Å²) in [5.41, 5.74) is 2.62. The number of nitrogens with one attached hydrogen (secondary N) is 2. The van der Waals surface area contributed by atoms with Crippen LogP contribution in [0.2, 0.25) is 0 Å². The molecule has 0 aliphatic heterocycles. The van der Waals surface area contributed by atoms with E-state index >= 15 is 0 Å². The third-order valence-electron chi connectivity index (χ3n) is 3.03. The number of amides is 1. The van der Waals surface area contributed by atoms with Gasteiger partial charge in [0.15, 0.2) is 11.0 Å². The SMILES string of the molecule is Cc1cc(-c2nnc(SCC(=O)Nc3ccccc3)[nH]2)ccn1. The van der Waals surface area contributed by atoms with Gasteiger partial charge in [0.05, 0.1) is 5.75 Å². The Balaban J connectivity index is 1.58. The lowest BCUT2D eigenvalue weighted by molar-refractivity contribution is -0.113. The van der Waals surface area contributed by atoms with E-state index in [9.17, 15) is 4.79 Å². The molecule has 0 atom stereocenters. The molecule has 0 spiro atoms. The fourth-order valence-corrected chi connectivity index (χ4v) is 2.59. The zero-order valence-electron chi connectivity index (χ0n) is 12.5. The Bertz CT molecular complexity index is 803. The molecule has 0 saturated carbocycles. The van der Waals surface area contributed by atoms with Gasteiger partial charge in [0.1, 0.15) is 0 Å². The van der Waals surface area contributed by atoms with Crippen molar-refractivity contribution in [2.45, 2.75) is 12.1 Å². The molecule has 2 N–H and O–H groups in total. The number of nitrogens with zero attached hydrogens (tertiary/aromatic N) is 3. The Morgan fingerprint density at radius 3 is 2.83 bits per heavy atom. The van der Waals surface area contributed by atoms with Gasteiger partial charge in [-0.05, 0) is 31.2 Å². The standard InChI is InChI=1S/C16H15N5OS/c1-11-9-12(7-8-17-11)15-19-16(21-20-15)23-10-14(22)18-13-5-3-2-4-6-13/h2-9H,10H2,1H3,(H,18,22)(H,19,20,21). The second-order valence-corrected chi connectivity index (χ2v) is 5.83. The molecular weight excluding hydrogens is 310 g/mol. The Morgan fingerprint density at radius 1 is 1.22 bits per heavy atom. The molecule has 0 aliphatic rings. The van der Waals surface area contributed by atoms with Crippen molar-refractivity contribution in [3.8, 4) is 11.4 Å². The summed E-state index contributed by atoms with van der Waals surface area (Å²) >= 11 is 1.31. The average Bonchev–Trinajstić information content (AvgIpc) is 3.03. The van der Waals surface area contributed by atoms with Crippen molar-refractivity contribution in [1.82, 2.24) is 20.2 Å². The van der Waals surface area contributed by atoms with Crippen molar-refractivity contribution in [2.75, 3.05) is 11.1 Å². The summed E-state index contributed by atoms with van der Waals surface area (Å²) < 4.78 is 0. The number of aromatic amines is 1. The van der Waals surface area contributed by atoms with E-state index in [2.05, 4.69) is 25.5 Å². The van der Waals surface area contributed by atoms with Crippen molar-refractivity contribution in [1.29, 1.82) is 0 Å². The molecule has 1 aromatic carbocycles. The van der Waals surface area contributed by atoms with Gasteiger partial charge in [-0.15, -0.1) is 10.2 Å². The third-order valence-corrected chi connectivity index (χ3v) is 3.90. The van der Waals surface area contributed by atoms with Crippen LogP contribution in [0.25, 0.3) is 11.4 Å². The van der Waals surface area contributed by atoms with Crippen LogP contribution in [0.1, 0.15) is 5.69 Å². The zero-order valence-corrected chi connectivity index (χ0v) is 13.3. The van der Waals surface area contributed by atoms with Crippen LogP contribution in [-0.2, 0) is 4.79 Å². The predicted octanol–water partition coefficient (Wildman–Crippen LogP) is 2.91. The first-order valence-electron chi connectivity index (χ1n) is 7.04. The molecule has 0 aliphatic carbocycles. The minimum absolute atomic E-state index is 0.0843. The number of pyridine rings is 1. The lowest BCUT2D eigenvalue weighted by Gasteiger charge is -2.03. The van der Waals surface area contributed by atoms with Crippen LogP contribution in [-0.4, -0.2) is 31.8 Å². The van der Waals surface area contributed by atoms with E-state index in [4.69, 9.17) is 0 Å². The van der Waals surface area contributed by atoms with Crippen LogP contribution >= 0.6 is 11.8 Å². The maximum absolute atomic E-state index is 11.9. The van der Waals surface area contributed by atoms with Crippen LogP contribution in [0.5, 0.6) is 0 Å². The quantitative estimate of drug-likeness (QED) is 0.705. The van der Waals surface area contributed by atoms with E-state index in [1.54, 1.807) is 6.20 Å². The first-order valence-corrected chi connectivity index (χ1v) is 8.03. The minimum Gasteiger partial charge on any atom is -0.325 e. The molecule has 7 heteroatoms. The van der Waals surface area contributed by atoms with Crippen molar-refractivity contribution in [3.63, 3.8) is 0 Å². The van der Waals surface area contributed by atoms with Crippen LogP contribution in [0, 0.1) is 6.92 Å². The van der Waals surface area contributed by atoms with Gasteiger partial charge < -0.3 is 10.3 Å². The number of thioether (sulfide) groups is 1. The molecule has 2 aromatic heterocycles. The van der Waals surface area contributed by atoms with Gasteiger partial charge in [0.25, 0.3) is 0 Å². The first-order chi connectivity index (χ1) is 11.2. The first kappa shape index (κ1) is 15.2. The highest BCUT2D eigenvalue weighted by Crippen LogP contribution is 2.19. The maximum atomic E-state index is 11.9.